The molecule has 0 amide bonds. The lowest BCUT2D eigenvalue weighted by Crippen LogP contribution is -2.31. The Morgan fingerprint density at radius 3 is 2.65 bits per heavy atom. The topological polar surface area (TPSA) is 82.7 Å². The predicted molar refractivity (Wildman–Crippen MR) is 63.0 cm³/mol. The fourth-order valence-corrected chi connectivity index (χ4v) is 1.43. The standard InChI is InChI=1S/C12H19NO4/c1-8-4-9(17-10(8)11(15)16)5-13-6-12(2,3)7-14/h4,13-14H,5-7H2,1-3H3,(H,15,16). The highest BCUT2D eigenvalue weighted by molar-refractivity contribution is 5.86. The molecule has 0 spiro atoms. The number of nitrogens with one attached hydrogen (secondary N) is 1. The van der Waals surface area contributed by atoms with Gasteiger partial charge < -0.3 is 19.9 Å². The number of carboxylic acids is 1. The van der Waals surface area contributed by atoms with Gasteiger partial charge in [0.25, 0.3) is 0 Å². The van der Waals surface area contributed by atoms with E-state index in [4.69, 9.17) is 14.6 Å². The number of rotatable bonds is 6. The Bertz CT molecular complexity index is 395. The summed E-state index contributed by atoms with van der Waals surface area (Å²) in [5, 5.41) is 21.0. The monoisotopic (exact) mass is 241 g/mol. The predicted octanol–water partition coefficient (Wildman–Crippen LogP) is 1.39. The number of carboxylic acid groups (broad SMARTS) is 1. The van der Waals surface area contributed by atoms with E-state index in [0.717, 1.165) is 0 Å². The van der Waals surface area contributed by atoms with E-state index >= 15 is 0 Å². The number of carbonyl (C=O) groups is 1. The maximum Gasteiger partial charge on any atom is 0.372 e. The maximum atomic E-state index is 10.8. The van der Waals surface area contributed by atoms with Crippen LogP contribution in [0.2, 0.25) is 0 Å². The molecule has 1 heterocycles. The number of hydrogen-bond acceptors (Lipinski definition) is 4. The molecule has 0 atom stereocenters. The van der Waals surface area contributed by atoms with Gasteiger partial charge in [-0.3, -0.25) is 0 Å². The third-order valence-corrected chi connectivity index (χ3v) is 2.49. The van der Waals surface area contributed by atoms with Crippen molar-refractivity contribution in [2.75, 3.05) is 13.2 Å². The van der Waals surface area contributed by atoms with Crippen molar-refractivity contribution in [2.45, 2.75) is 27.3 Å². The van der Waals surface area contributed by atoms with Crippen molar-refractivity contribution in [1.82, 2.24) is 5.32 Å². The molecule has 0 fully saturated rings. The molecule has 1 aromatic rings. The van der Waals surface area contributed by atoms with Gasteiger partial charge in [0.15, 0.2) is 0 Å². The first-order valence-corrected chi connectivity index (χ1v) is 5.50. The molecule has 1 rings (SSSR count). The van der Waals surface area contributed by atoms with Gasteiger partial charge >= 0.3 is 5.97 Å². The SMILES string of the molecule is Cc1cc(CNCC(C)(C)CO)oc1C(=O)O. The van der Waals surface area contributed by atoms with Crippen molar-refractivity contribution in [3.63, 3.8) is 0 Å². The van der Waals surface area contributed by atoms with Crippen LogP contribution in [0.5, 0.6) is 0 Å². The van der Waals surface area contributed by atoms with E-state index in [-0.39, 0.29) is 17.8 Å². The molecule has 17 heavy (non-hydrogen) atoms. The Balaban J connectivity index is 2.53. The van der Waals surface area contributed by atoms with Gasteiger partial charge in [0.1, 0.15) is 5.76 Å². The van der Waals surface area contributed by atoms with E-state index in [9.17, 15) is 4.79 Å². The second-order valence-corrected chi connectivity index (χ2v) is 4.96. The van der Waals surface area contributed by atoms with Crippen LogP contribution in [0.4, 0.5) is 0 Å². The fraction of sp³-hybridized carbons (Fsp3) is 0.583. The summed E-state index contributed by atoms with van der Waals surface area (Å²) in [6, 6.07) is 1.71. The highest BCUT2D eigenvalue weighted by atomic mass is 16.4. The Kier molecular flexibility index (Phi) is 4.31. The van der Waals surface area contributed by atoms with E-state index in [1.54, 1.807) is 13.0 Å². The van der Waals surface area contributed by atoms with E-state index in [1.165, 1.54) is 0 Å². The number of aliphatic hydroxyl groups is 1. The normalized spacial score (nSPS) is 11.8. The van der Waals surface area contributed by atoms with Crippen LogP contribution in [-0.4, -0.2) is 29.3 Å². The number of aliphatic hydroxyl groups excluding tert-OH is 1. The van der Waals surface area contributed by atoms with Crippen molar-refractivity contribution < 1.29 is 19.4 Å². The minimum atomic E-state index is -1.05. The van der Waals surface area contributed by atoms with Crippen molar-refractivity contribution in [3.8, 4) is 0 Å². The summed E-state index contributed by atoms with van der Waals surface area (Å²) in [6.07, 6.45) is 0. The molecule has 0 aliphatic carbocycles. The summed E-state index contributed by atoms with van der Waals surface area (Å²) in [5.41, 5.74) is 0.424. The highest BCUT2D eigenvalue weighted by Gasteiger charge is 2.17. The lowest BCUT2D eigenvalue weighted by Gasteiger charge is -2.21. The summed E-state index contributed by atoms with van der Waals surface area (Å²) in [6.45, 7) is 6.76. The Labute approximate surface area is 100 Å². The first-order valence-electron chi connectivity index (χ1n) is 5.50. The van der Waals surface area contributed by atoms with Crippen LogP contribution in [0.15, 0.2) is 10.5 Å². The van der Waals surface area contributed by atoms with Crippen LogP contribution >= 0.6 is 0 Å². The van der Waals surface area contributed by atoms with Crippen LogP contribution in [0.1, 0.15) is 35.7 Å². The Morgan fingerprint density at radius 1 is 1.53 bits per heavy atom. The van der Waals surface area contributed by atoms with Gasteiger partial charge in [0.05, 0.1) is 6.54 Å². The van der Waals surface area contributed by atoms with Crippen molar-refractivity contribution in [3.05, 3.63) is 23.2 Å². The smallest absolute Gasteiger partial charge is 0.372 e. The minimum Gasteiger partial charge on any atom is -0.475 e. The lowest BCUT2D eigenvalue weighted by atomic mass is 9.95. The first-order chi connectivity index (χ1) is 7.85. The maximum absolute atomic E-state index is 10.8. The zero-order chi connectivity index (χ0) is 13.1. The molecule has 0 aromatic carbocycles. The van der Waals surface area contributed by atoms with Gasteiger partial charge in [-0.25, -0.2) is 4.79 Å². The van der Waals surface area contributed by atoms with Crippen molar-refractivity contribution in [1.29, 1.82) is 0 Å². The van der Waals surface area contributed by atoms with Gasteiger partial charge in [-0.2, -0.15) is 0 Å². The highest BCUT2D eigenvalue weighted by Crippen LogP contribution is 2.15. The molecule has 1 aromatic heterocycles. The summed E-state index contributed by atoms with van der Waals surface area (Å²) < 4.78 is 5.20. The van der Waals surface area contributed by atoms with E-state index in [0.29, 0.717) is 24.4 Å². The summed E-state index contributed by atoms with van der Waals surface area (Å²) in [7, 11) is 0. The van der Waals surface area contributed by atoms with Gasteiger partial charge in [0.2, 0.25) is 5.76 Å². The second-order valence-electron chi connectivity index (χ2n) is 4.96. The number of aromatic carboxylic acids is 1. The van der Waals surface area contributed by atoms with E-state index < -0.39 is 5.97 Å². The zero-order valence-electron chi connectivity index (χ0n) is 10.4. The second kappa shape index (κ2) is 5.33. The molecule has 0 unspecified atom stereocenters. The molecule has 0 radical (unpaired) electrons. The minimum absolute atomic E-state index is 0.0109. The van der Waals surface area contributed by atoms with Crippen LogP contribution in [-0.2, 0) is 6.54 Å². The number of hydrogen-bond donors (Lipinski definition) is 3. The zero-order valence-corrected chi connectivity index (χ0v) is 10.4. The molecule has 0 saturated carbocycles. The van der Waals surface area contributed by atoms with Gasteiger partial charge in [-0.15, -0.1) is 0 Å². The van der Waals surface area contributed by atoms with Crippen molar-refractivity contribution >= 4 is 5.97 Å². The molecule has 3 N–H and O–H groups in total. The summed E-state index contributed by atoms with van der Waals surface area (Å²) in [5.74, 6) is -0.471. The summed E-state index contributed by atoms with van der Waals surface area (Å²) in [4.78, 5) is 10.8. The van der Waals surface area contributed by atoms with E-state index in [1.807, 2.05) is 13.8 Å². The molecule has 5 heteroatoms. The van der Waals surface area contributed by atoms with Crippen LogP contribution in [0.25, 0.3) is 0 Å². The van der Waals surface area contributed by atoms with Gasteiger partial charge in [-0.05, 0) is 13.0 Å². The molecule has 0 saturated heterocycles. The number of furan rings is 1. The molecule has 96 valence electrons. The fourth-order valence-electron chi connectivity index (χ4n) is 1.43. The molecule has 0 aliphatic rings. The van der Waals surface area contributed by atoms with Gasteiger partial charge in [-0.1, -0.05) is 13.8 Å². The van der Waals surface area contributed by atoms with Crippen LogP contribution in [0.3, 0.4) is 0 Å². The number of aryl methyl sites for hydroxylation is 1. The van der Waals surface area contributed by atoms with Crippen molar-refractivity contribution in [2.24, 2.45) is 5.41 Å². The third-order valence-electron chi connectivity index (χ3n) is 2.49. The largest absolute Gasteiger partial charge is 0.475 e. The van der Waals surface area contributed by atoms with Crippen LogP contribution < -0.4 is 5.32 Å². The Hall–Kier alpha value is -1.33. The molecular formula is C12H19NO4. The quantitative estimate of drug-likeness (QED) is 0.701. The average molecular weight is 241 g/mol. The lowest BCUT2D eigenvalue weighted by molar-refractivity contribution is 0.0659. The summed E-state index contributed by atoms with van der Waals surface area (Å²) >= 11 is 0. The third kappa shape index (κ3) is 3.87. The van der Waals surface area contributed by atoms with E-state index in [2.05, 4.69) is 5.32 Å². The molecular weight excluding hydrogens is 222 g/mol. The Morgan fingerprint density at radius 2 is 2.18 bits per heavy atom. The first kappa shape index (κ1) is 13.7. The molecule has 0 bridgehead atoms. The average Bonchev–Trinajstić information content (AvgIpc) is 2.59. The van der Waals surface area contributed by atoms with Crippen LogP contribution in [0, 0.1) is 12.3 Å². The molecule has 0 aliphatic heterocycles. The van der Waals surface area contributed by atoms with Gasteiger partial charge in [0, 0.05) is 24.1 Å². The molecule has 5 nitrogen and oxygen atoms in total.